The quantitative estimate of drug-likeness (QED) is 0.630. The van der Waals surface area contributed by atoms with Gasteiger partial charge in [0.2, 0.25) is 0 Å². The predicted molar refractivity (Wildman–Crippen MR) is 69.2 cm³/mol. The van der Waals surface area contributed by atoms with E-state index >= 15 is 0 Å². The van der Waals surface area contributed by atoms with Crippen LogP contribution in [0, 0.1) is 6.92 Å². The minimum atomic E-state index is 0.415. The number of rotatable bonds is 3. The highest BCUT2D eigenvalue weighted by Crippen LogP contribution is 2.28. The average molecular weight is 263 g/mol. The van der Waals surface area contributed by atoms with E-state index in [1.54, 1.807) is 18.2 Å². The minimum Gasteiger partial charge on any atom is -0.496 e. The molecule has 18 heavy (non-hydrogen) atoms. The van der Waals surface area contributed by atoms with Gasteiger partial charge in [0.15, 0.2) is 6.29 Å². The Labute approximate surface area is 110 Å². The van der Waals surface area contributed by atoms with Crippen LogP contribution in [0.3, 0.4) is 0 Å². The molecule has 0 saturated carbocycles. The lowest BCUT2D eigenvalue weighted by molar-refractivity contribution is 0.112. The van der Waals surface area contributed by atoms with Gasteiger partial charge in [-0.2, -0.15) is 0 Å². The van der Waals surface area contributed by atoms with E-state index in [1.165, 1.54) is 13.4 Å². The maximum atomic E-state index is 10.8. The van der Waals surface area contributed by atoms with E-state index < -0.39 is 0 Å². The van der Waals surface area contributed by atoms with E-state index in [2.05, 4.69) is 9.97 Å². The van der Waals surface area contributed by atoms with Crippen LogP contribution in [-0.2, 0) is 0 Å². The Morgan fingerprint density at radius 3 is 2.78 bits per heavy atom. The van der Waals surface area contributed by atoms with Gasteiger partial charge >= 0.3 is 0 Å². The smallest absolute Gasteiger partial charge is 0.153 e. The summed E-state index contributed by atoms with van der Waals surface area (Å²) in [7, 11) is 1.52. The number of carbonyl (C=O) groups is 1. The molecule has 92 valence electrons. The molecule has 0 unspecified atom stereocenters. The van der Waals surface area contributed by atoms with Crippen LogP contribution >= 0.6 is 11.6 Å². The Kier molecular flexibility index (Phi) is 3.58. The summed E-state index contributed by atoms with van der Waals surface area (Å²) >= 11 is 5.96. The van der Waals surface area contributed by atoms with Gasteiger partial charge in [-0.05, 0) is 19.1 Å². The number of carbonyl (C=O) groups excluding carboxylic acids is 1. The molecule has 0 spiro atoms. The number of hydrogen-bond acceptors (Lipinski definition) is 4. The molecule has 0 radical (unpaired) electrons. The molecule has 0 aliphatic rings. The fraction of sp³-hybridized carbons (Fsp3) is 0.154. The minimum absolute atomic E-state index is 0.415. The van der Waals surface area contributed by atoms with Gasteiger partial charge in [0.1, 0.15) is 17.2 Å². The zero-order valence-corrected chi connectivity index (χ0v) is 10.7. The number of hydrogen-bond donors (Lipinski definition) is 0. The molecule has 0 saturated heterocycles. The number of halogens is 1. The third-order valence-electron chi connectivity index (χ3n) is 2.66. The first-order valence-electron chi connectivity index (χ1n) is 5.28. The monoisotopic (exact) mass is 262 g/mol. The fourth-order valence-corrected chi connectivity index (χ4v) is 1.81. The average Bonchev–Trinajstić information content (AvgIpc) is 2.41. The standard InChI is InChI=1S/C13H11ClN2O2/c1-8-12(15-7-16-13(8)14)9-3-4-10(6-17)11(5-9)18-2/h3-7H,1-2H3. The van der Waals surface area contributed by atoms with Crippen molar-refractivity contribution < 1.29 is 9.53 Å². The molecule has 4 nitrogen and oxygen atoms in total. The van der Waals surface area contributed by atoms with E-state index in [1.807, 2.05) is 6.92 Å². The summed E-state index contributed by atoms with van der Waals surface area (Å²) in [4.78, 5) is 18.9. The second kappa shape index (κ2) is 5.14. The number of nitrogens with zero attached hydrogens (tertiary/aromatic N) is 2. The largest absolute Gasteiger partial charge is 0.496 e. The number of methoxy groups -OCH3 is 1. The molecule has 5 heteroatoms. The van der Waals surface area contributed by atoms with Gasteiger partial charge in [-0.1, -0.05) is 17.7 Å². The number of ether oxygens (including phenoxy) is 1. The van der Waals surface area contributed by atoms with Crippen LogP contribution in [-0.4, -0.2) is 23.4 Å². The van der Waals surface area contributed by atoms with Crippen LogP contribution in [0.25, 0.3) is 11.3 Å². The Morgan fingerprint density at radius 2 is 2.11 bits per heavy atom. The third-order valence-corrected chi connectivity index (χ3v) is 3.04. The van der Waals surface area contributed by atoms with Crippen molar-refractivity contribution >= 4 is 17.9 Å². The molecule has 1 aromatic carbocycles. The first kappa shape index (κ1) is 12.5. The summed E-state index contributed by atoms with van der Waals surface area (Å²) in [5, 5.41) is 0.415. The van der Waals surface area contributed by atoms with Crippen LogP contribution in [0.2, 0.25) is 5.15 Å². The summed E-state index contributed by atoms with van der Waals surface area (Å²) in [5.41, 5.74) is 2.85. The van der Waals surface area contributed by atoms with Crippen molar-refractivity contribution in [3.05, 3.63) is 40.8 Å². The predicted octanol–water partition coefficient (Wildman–Crippen LogP) is 2.93. The highest BCUT2D eigenvalue weighted by Gasteiger charge is 2.10. The molecule has 0 fully saturated rings. The van der Waals surface area contributed by atoms with Crippen molar-refractivity contribution in [3.8, 4) is 17.0 Å². The summed E-state index contributed by atoms with van der Waals surface area (Å²) in [6, 6.07) is 5.25. The van der Waals surface area contributed by atoms with Crippen molar-refractivity contribution in [2.75, 3.05) is 7.11 Å². The lowest BCUT2D eigenvalue weighted by atomic mass is 10.1. The summed E-state index contributed by atoms with van der Waals surface area (Å²) in [6.45, 7) is 1.85. The van der Waals surface area contributed by atoms with Crippen molar-refractivity contribution in [1.29, 1.82) is 0 Å². The first-order chi connectivity index (χ1) is 8.67. The van der Waals surface area contributed by atoms with Gasteiger partial charge in [0.25, 0.3) is 0 Å². The van der Waals surface area contributed by atoms with Gasteiger partial charge < -0.3 is 4.74 Å². The zero-order chi connectivity index (χ0) is 13.1. The second-order valence-electron chi connectivity index (χ2n) is 3.71. The third kappa shape index (κ3) is 2.19. The van der Waals surface area contributed by atoms with Gasteiger partial charge in [0.05, 0.1) is 18.4 Å². The van der Waals surface area contributed by atoms with Crippen molar-refractivity contribution in [3.63, 3.8) is 0 Å². The molecule has 1 aromatic heterocycles. The van der Waals surface area contributed by atoms with Gasteiger partial charge in [-0.3, -0.25) is 4.79 Å². The van der Waals surface area contributed by atoms with Crippen LogP contribution in [0.1, 0.15) is 15.9 Å². The van der Waals surface area contributed by atoms with Gasteiger partial charge in [-0.25, -0.2) is 9.97 Å². The highest BCUT2D eigenvalue weighted by atomic mass is 35.5. The van der Waals surface area contributed by atoms with Gasteiger partial charge in [-0.15, -0.1) is 0 Å². The lowest BCUT2D eigenvalue weighted by Crippen LogP contribution is -1.95. The molecule has 2 aromatic rings. The topological polar surface area (TPSA) is 52.1 Å². The Morgan fingerprint density at radius 1 is 1.33 bits per heavy atom. The summed E-state index contributed by atoms with van der Waals surface area (Å²) in [5.74, 6) is 0.511. The van der Waals surface area contributed by atoms with E-state index in [9.17, 15) is 4.79 Å². The normalized spacial score (nSPS) is 10.2. The molecule has 0 N–H and O–H groups in total. The maximum Gasteiger partial charge on any atom is 0.153 e. The van der Waals surface area contributed by atoms with Crippen molar-refractivity contribution in [2.24, 2.45) is 0 Å². The van der Waals surface area contributed by atoms with Crippen LogP contribution in [0.5, 0.6) is 5.75 Å². The highest BCUT2D eigenvalue weighted by molar-refractivity contribution is 6.30. The molecule has 0 atom stereocenters. The molecular formula is C13H11ClN2O2. The van der Waals surface area contributed by atoms with Crippen LogP contribution < -0.4 is 4.74 Å². The van der Waals surface area contributed by atoms with E-state index in [-0.39, 0.29) is 0 Å². The fourth-order valence-electron chi connectivity index (χ4n) is 1.68. The van der Waals surface area contributed by atoms with Gasteiger partial charge in [0, 0.05) is 11.1 Å². The lowest BCUT2D eigenvalue weighted by Gasteiger charge is -2.09. The Balaban J connectivity index is 2.58. The van der Waals surface area contributed by atoms with E-state index in [0.29, 0.717) is 16.5 Å². The Bertz CT molecular complexity index is 600. The van der Waals surface area contributed by atoms with Crippen LogP contribution in [0.4, 0.5) is 0 Å². The summed E-state index contributed by atoms with van der Waals surface area (Å²) in [6.07, 6.45) is 2.16. The van der Waals surface area contributed by atoms with Crippen molar-refractivity contribution in [2.45, 2.75) is 6.92 Å². The summed E-state index contributed by atoms with van der Waals surface area (Å²) < 4.78 is 5.16. The molecule has 0 aliphatic carbocycles. The number of benzene rings is 1. The van der Waals surface area contributed by atoms with Crippen LogP contribution in [0.15, 0.2) is 24.5 Å². The molecule has 2 rings (SSSR count). The molecule has 0 bridgehead atoms. The van der Waals surface area contributed by atoms with Crippen molar-refractivity contribution in [1.82, 2.24) is 9.97 Å². The molecule has 0 aliphatic heterocycles. The zero-order valence-electron chi connectivity index (χ0n) is 9.98. The molecular weight excluding hydrogens is 252 g/mol. The number of aromatic nitrogens is 2. The van der Waals surface area contributed by atoms with E-state index in [0.717, 1.165) is 23.1 Å². The second-order valence-corrected chi connectivity index (χ2v) is 4.07. The molecule has 0 amide bonds. The number of aldehydes is 1. The first-order valence-corrected chi connectivity index (χ1v) is 5.66. The van der Waals surface area contributed by atoms with E-state index in [4.69, 9.17) is 16.3 Å². The molecule has 1 heterocycles. The SMILES string of the molecule is COc1cc(-c2ncnc(Cl)c2C)ccc1C=O. The maximum absolute atomic E-state index is 10.8. The Hall–Kier alpha value is -1.94.